The average Bonchev–Trinajstić information content (AvgIpc) is 2.64. The number of piperidine rings is 1. The number of hydrogen-bond donors (Lipinski definition) is 1. The number of ether oxygens (including phenoxy) is 2. The molecule has 1 heterocycles. The number of hydrogen-bond acceptors (Lipinski definition) is 4. The zero-order valence-electron chi connectivity index (χ0n) is 17.2. The smallest absolute Gasteiger partial charge is 0.251 e. The fourth-order valence-electron chi connectivity index (χ4n) is 3.21. The van der Waals surface area contributed by atoms with Crippen LogP contribution in [0.15, 0.2) is 18.2 Å². The van der Waals surface area contributed by atoms with Crippen LogP contribution < -0.4 is 14.8 Å². The lowest BCUT2D eigenvalue weighted by Gasteiger charge is -2.36. The summed E-state index contributed by atoms with van der Waals surface area (Å²) in [5.74, 6) is 0.715. The van der Waals surface area contributed by atoms with Gasteiger partial charge in [-0.25, -0.2) is 4.39 Å². The number of halogens is 1. The Labute approximate surface area is 162 Å². The maximum absolute atomic E-state index is 14.6. The van der Waals surface area contributed by atoms with Crippen LogP contribution in [0.2, 0.25) is 0 Å². The van der Waals surface area contributed by atoms with Crippen molar-refractivity contribution in [3.63, 3.8) is 0 Å². The molecule has 2 rings (SSSR count). The number of rotatable bonds is 7. The van der Waals surface area contributed by atoms with E-state index in [0.717, 1.165) is 25.9 Å². The minimum Gasteiger partial charge on any atom is -0.497 e. The van der Waals surface area contributed by atoms with Gasteiger partial charge in [-0.2, -0.15) is 0 Å². The highest BCUT2D eigenvalue weighted by Crippen LogP contribution is 2.25. The number of amides is 1. The largest absolute Gasteiger partial charge is 0.497 e. The summed E-state index contributed by atoms with van der Waals surface area (Å²) in [6.07, 6.45) is 0.894. The highest BCUT2D eigenvalue weighted by molar-refractivity contribution is 5.95. The quantitative estimate of drug-likeness (QED) is 0.786. The lowest BCUT2D eigenvalue weighted by Crippen LogP contribution is -2.46. The third-order valence-corrected chi connectivity index (χ3v) is 5.08. The molecule has 1 N–H and O–H groups in total. The highest BCUT2D eigenvalue weighted by Gasteiger charge is 2.30. The van der Waals surface area contributed by atoms with Gasteiger partial charge >= 0.3 is 0 Å². The average molecular weight is 381 g/mol. The first kappa shape index (κ1) is 21.5. The Morgan fingerprint density at radius 3 is 2.37 bits per heavy atom. The van der Waals surface area contributed by atoms with E-state index in [0.29, 0.717) is 30.2 Å². The fourth-order valence-corrected chi connectivity index (χ4v) is 3.21. The van der Waals surface area contributed by atoms with Crippen molar-refractivity contribution in [2.45, 2.75) is 39.8 Å². The van der Waals surface area contributed by atoms with Gasteiger partial charge in [0, 0.05) is 30.6 Å². The Bertz CT molecular complexity index is 608. The lowest BCUT2D eigenvalue weighted by molar-refractivity contribution is 0.0724. The molecule has 6 heteroatoms. The van der Waals surface area contributed by atoms with Gasteiger partial charge in [0.25, 0.3) is 5.91 Å². The molecule has 2 atom stereocenters. The van der Waals surface area contributed by atoms with Crippen molar-refractivity contribution in [1.82, 2.24) is 10.2 Å². The molecule has 1 aromatic rings. The van der Waals surface area contributed by atoms with Crippen LogP contribution in [0, 0.1) is 11.3 Å². The summed E-state index contributed by atoms with van der Waals surface area (Å²) in [5.41, 5.74) is 0.707. The first-order valence-corrected chi connectivity index (χ1v) is 9.59. The zero-order valence-corrected chi connectivity index (χ0v) is 17.2. The monoisotopic (exact) mass is 380 g/mol. The van der Waals surface area contributed by atoms with E-state index in [1.807, 2.05) is 0 Å². The molecule has 0 spiro atoms. The third-order valence-electron chi connectivity index (χ3n) is 5.08. The third kappa shape index (κ3) is 6.69. The van der Waals surface area contributed by atoms with E-state index in [4.69, 9.17) is 9.47 Å². The van der Waals surface area contributed by atoms with Crippen molar-refractivity contribution in [1.29, 1.82) is 0 Å². The van der Waals surface area contributed by atoms with E-state index >= 15 is 0 Å². The first-order chi connectivity index (χ1) is 12.7. The number of nitrogens with zero attached hydrogens (tertiary/aromatic N) is 1. The van der Waals surface area contributed by atoms with Crippen molar-refractivity contribution < 1.29 is 18.7 Å². The van der Waals surface area contributed by atoms with Gasteiger partial charge < -0.3 is 19.7 Å². The topological polar surface area (TPSA) is 50.8 Å². The van der Waals surface area contributed by atoms with E-state index in [2.05, 4.69) is 31.0 Å². The van der Waals surface area contributed by atoms with Crippen LogP contribution in [-0.2, 0) is 0 Å². The summed E-state index contributed by atoms with van der Waals surface area (Å²) in [6, 6.07) is 5.02. The second kappa shape index (κ2) is 9.40. The summed E-state index contributed by atoms with van der Waals surface area (Å²) in [4.78, 5) is 14.6. The second-order valence-electron chi connectivity index (χ2n) is 8.49. The molecule has 0 bridgehead atoms. The maximum atomic E-state index is 14.6. The van der Waals surface area contributed by atoms with Gasteiger partial charge in [0.15, 0.2) is 0 Å². The Morgan fingerprint density at radius 2 is 1.85 bits per heavy atom. The van der Waals surface area contributed by atoms with E-state index in [9.17, 15) is 9.18 Å². The van der Waals surface area contributed by atoms with Crippen LogP contribution in [0.1, 0.15) is 44.0 Å². The van der Waals surface area contributed by atoms with Crippen LogP contribution in [0.3, 0.4) is 0 Å². The van der Waals surface area contributed by atoms with E-state index in [1.54, 1.807) is 18.2 Å². The minimum absolute atomic E-state index is 0.146. The molecule has 0 radical (unpaired) electrons. The molecule has 1 fully saturated rings. The molecule has 1 saturated heterocycles. The van der Waals surface area contributed by atoms with Gasteiger partial charge in [-0.05, 0) is 43.5 Å². The lowest BCUT2D eigenvalue weighted by atomic mass is 9.90. The van der Waals surface area contributed by atoms with Crippen LogP contribution >= 0.6 is 0 Å². The molecular formula is C21H33FN2O3. The molecule has 1 aliphatic rings. The number of alkyl halides is 1. The van der Waals surface area contributed by atoms with Crippen LogP contribution in [0.25, 0.3) is 0 Å². The molecule has 0 aromatic heterocycles. The van der Waals surface area contributed by atoms with Crippen molar-refractivity contribution in [3.8, 4) is 11.5 Å². The molecule has 5 nitrogen and oxygen atoms in total. The van der Waals surface area contributed by atoms with Gasteiger partial charge in [-0.3, -0.25) is 4.79 Å². The summed E-state index contributed by atoms with van der Waals surface area (Å²) < 4.78 is 25.0. The summed E-state index contributed by atoms with van der Waals surface area (Å²) >= 11 is 0. The molecule has 152 valence electrons. The highest BCUT2D eigenvalue weighted by atomic mass is 19.1. The van der Waals surface area contributed by atoms with Crippen LogP contribution in [0.5, 0.6) is 11.5 Å². The summed E-state index contributed by atoms with van der Waals surface area (Å²) in [7, 11) is 3.08. The molecule has 1 aromatic carbocycles. The van der Waals surface area contributed by atoms with Gasteiger partial charge in [-0.15, -0.1) is 0 Å². The Kier molecular flexibility index (Phi) is 7.48. The van der Waals surface area contributed by atoms with Crippen LogP contribution in [-0.4, -0.2) is 57.4 Å². The number of nitrogens with one attached hydrogen (secondary N) is 1. The van der Waals surface area contributed by atoms with Gasteiger partial charge in [0.2, 0.25) is 0 Å². The molecule has 0 aliphatic carbocycles. The standard InChI is InChI=1S/C21H33FN2O3/c1-21(2,3)7-9-24-8-6-15(19(22)14-24)13-23-20(25)16-10-17(26-4)12-18(11-16)27-5/h10-12,15,19H,6-9,13-14H2,1-5H3,(H,23,25). The van der Waals surface area contributed by atoms with Gasteiger partial charge in [0.05, 0.1) is 14.2 Å². The van der Waals surface area contributed by atoms with Crippen molar-refractivity contribution in [2.24, 2.45) is 11.3 Å². The summed E-state index contributed by atoms with van der Waals surface area (Å²) in [6.45, 7) is 9.20. The number of carbonyl (C=O) groups excluding carboxylic acids is 1. The number of likely N-dealkylation sites (tertiary alicyclic amines) is 1. The molecular weight excluding hydrogens is 347 g/mol. The predicted octanol–water partition coefficient (Wildman–Crippen LogP) is 3.53. The summed E-state index contributed by atoms with van der Waals surface area (Å²) in [5, 5.41) is 2.86. The molecule has 0 saturated carbocycles. The first-order valence-electron chi connectivity index (χ1n) is 9.59. The van der Waals surface area contributed by atoms with E-state index in [1.165, 1.54) is 14.2 Å². The van der Waals surface area contributed by atoms with E-state index in [-0.39, 0.29) is 17.2 Å². The Morgan fingerprint density at radius 1 is 1.22 bits per heavy atom. The van der Waals surface area contributed by atoms with Crippen molar-refractivity contribution >= 4 is 5.91 Å². The normalized spacial score (nSPS) is 21.0. The molecule has 1 amide bonds. The van der Waals surface area contributed by atoms with Gasteiger partial charge in [-0.1, -0.05) is 20.8 Å². The Hall–Kier alpha value is -1.82. The van der Waals surface area contributed by atoms with Gasteiger partial charge in [0.1, 0.15) is 17.7 Å². The second-order valence-corrected chi connectivity index (χ2v) is 8.49. The fraction of sp³-hybridized carbons (Fsp3) is 0.667. The maximum Gasteiger partial charge on any atom is 0.251 e. The predicted molar refractivity (Wildman–Crippen MR) is 105 cm³/mol. The number of benzene rings is 1. The molecule has 27 heavy (non-hydrogen) atoms. The van der Waals surface area contributed by atoms with E-state index < -0.39 is 6.17 Å². The van der Waals surface area contributed by atoms with Crippen molar-refractivity contribution in [2.75, 3.05) is 40.4 Å². The number of carbonyl (C=O) groups is 1. The Balaban J connectivity index is 1.85. The van der Waals surface area contributed by atoms with Crippen molar-refractivity contribution in [3.05, 3.63) is 23.8 Å². The number of methoxy groups -OCH3 is 2. The molecule has 1 aliphatic heterocycles. The minimum atomic E-state index is -0.918. The zero-order chi connectivity index (χ0) is 20.0. The SMILES string of the molecule is COc1cc(OC)cc(C(=O)NCC2CCN(CCC(C)(C)C)CC2F)c1. The molecule has 2 unspecified atom stereocenters. The van der Waals surface area contributed by atoms with Crippen LogP contribution in [0.4, 0.5) is 4.39 Å².